The summed E-state index contributed by atoms with van der Waals surface area (Å²) in [6, 6.07) is 1.45. The van der Waals surface area contributed by atoms with Crippen LogP contribution in [-0.4, -0.2) is 21.6 Å². The van der Waals surface area contributed by atoms with Crippen molar-refractivity contribution >= 4 is 11.8 Å². The van der Waals surface area contributed by atoms with Crippen LogP contribution in [0.25, 0.3) is 6.08 Å². The lowest BCUT2D eigenvalue weighted by atomic mass is 10.2. The Hall–Kier alpha value is -1.75. The van der Waals surface area contributed by atoms with Crippen molar-refractivity contribution in [1.29, 1.82) is 0 Å². The number of aryl methyl sites for hydroxylation is 1. The Morgan fingerprint density at radius 1 is 1.71 bits per heavy atom. The minimum Gasteiger partial charge on any atom is -0.392 e. The van der Waals surface area contributed by atoms with Crippen LogP contribution < -0.4 is 0 Å². The van der Waals surface area contributed by atoms with Gasteiger partial charge in [-0.1, -0.05) is 6.08 Å². The first kappa shape index (κ1) is 10.3. The maximum absolute atomic E-state index is 10.4. The lowest BCUT2D eigenvalue weighted by Crippen LogP contribution is -1.93. The van der Waals surface area contributed by atoms with Crippen LogP contribution in [0.4, 0.5) is 5.69 Å². The molecule has 14 heavy (non-hydrogen) atoms. The van der Waals surface area contributed by atoms with E-state index in [1.165, 1.54) is 18.3 Å². The van der Waals surface area contributed by atoms with Gasteiger partial charge in [0.2, 0.25) is 0 Å². The predicted molar refractivity (Wildman–Crippen MR) is 51.7 cm³/mol. The molecule has 0 saturated heterocycles. The largest absolute Gasteiger partial charge is 0.392 e. The Morgan fingerprint density at radius 2 is 2.43 bits per heavy atom. The molecule has 0 bridgehead atoms. The molecule has 5 nitrogen and oxygen atoms in total. The number of aliphatic hydroxyl groups is 1. The van der Waals surface area contributed by atoms with Crippen LogP contribution in [0.5, 0.6) is 0 Å². The Balaban J connectivity index is 3.01. The van der Waals surface area contributed by atoms with Crippen molar-refractivity contribution in [3.05, 3.63) is 39.7 Å². The van der Waals surface area contributed by atoms with Gasteiger partial charge in [0, 0.05) is 6.07 Å². The number of nitro groups is 1. The Morgan fingerprint density at radius 3 is 2.93 bits per heavy atom. The fraction of sp³-hybridized carbons (Fsp3) is 0.222. The van der Waals surface area contributed by atoms with E-state index in [-0.39, 0.29) is 12.3 Å². The summed E-state index contributed by atoms with van der Waals surface area (Å²) < 4.78 is 0. The molecule has 1 heterocycles. The highest BCUT2D eigenvalue weighted by Crippen LogP contribution is 2.14. The van der Waals surface area contributed by atoms with Gasteiger partial charge in [-0.3, -0.25) is 10.1 Å². The van der Waals surface area contributed by atoms with Crippen molar-refractivity contribution in [2.75, 3.05) is 6.61 Å². The van der Waals surface area contributed by atoms with E-state index < -0.39 is 4.92 Å². The number of hydrogen-bond acceptors (Lipinski definition) is 4. The lowest BCUT2D eigenvalue weighted by molar-refractivity contribution is -0.385. The first-order valence-corrected chi connectivity index (χ1v) is 4.03. The first-order valence-electron chi connectivity index (χ1n) is 4.03. The average molecular weight is 194 g/mol. The quantitative estimate of drug-likeness (QED) is 0.581. The highest BCUT2D eigenvalue weighted by atomic mass is 16.6. The van der Waals surface area contributed by atoms with Crippen LogP contribution >= 0.6 is 0 Å². The normalized spacial score (nSPS) is 10.7. The molecule has 0 saturated carbocycles. The van der Waals surface area contributed by atoms with Crippen molar-refractivity contribution in [2.24, 2.45) is 0 Å². The average Bonchev–Trinajstić information content (AvgIpc) is 2.15. The molecule has 0 unspecified atom stereocenters. The molecule has 0 fully saturated rings. The van der Waals surface area contributed by atoms with E-state index in [0.717, 1.165) is 0 Å². The summed E-state index contributed by atoms with van der Waals surface area (Å²) in [6.07, 6.45) is 4.35. The molecule has 74 valence electrons. The van der Waals surface area contributed by atoms with Crippen molar-refractivity contribution in [3.8, 4) is 0 Å². The summed E-state index contributed by atoms with van der Waals surface area (Å²) in [5, 5.41) is 18.9. The molecule has 0 spiro atoms. The van der Waals surface area contributed by atoms with Gasteiger partial charge in [0.15, 0.2) is 0 Å². The van der Waals surface area contributed by atoms with E-state index in [2.05, 4.69) is 4.98 Å². The molecule has 1 aromatic rings. The minimum absolute atomic E-state index is 0.0244. The smallest absolute Gasteiger partial charge is 0.287 e. The number of rotatable bonds is 3. The molecule has 0 aromatic carbocycles. The van der Waals surface area contributed by atoms with E-state index in [1.54, 1.807) is 13.0 Å². The number of aliphatic hydroxyl groups excluding tert-OH is 1. The van der Waals surface area contributed by atoms with E-state index >= 15 is 0 Å². The van der Waals surface area contributed by atoms with Gasteiger partial charge in [-0.25, -0.2) is 4.98 Å². The van der Waals surface area contributed by atoms with E-state index in [0.29, 0.717) is 11.3 Å². The molecule has 1 N–H and O–H groups in total. The van der Waals surface area contributed by atoms with Crippen molar-refractivity contribution < 1.29 is 10.0 Å². The molecule has 0 aliphatic carbocycles. The minimum atomic E-state index is -0.487. The molecule has 0 atom stereocenters. The third-order valence-electron chi connectivity index (χ3n) is 1.70. The molecule has 5 heteroatoms. The summed E-state index contributed by atoms with van der Waals surface area (Å²) in [5.41, 5.74) is 1.32. The van der Waals surface area contributed by atoms with Gasteiger partial charge < -0.3 is 5.11 Å². The van der Waals surface area contributed by atoms with Gasteiger partial charge in [-0.15, -0.1) is 0 Å². The number of nitrogens with zero attached hydrogens (tertiary/aromatic N) is 2. The second kappa shape index (κ2) is 4.48. The lowest BCUT2D eigenvalue weighted by Gasteiger charge is -1.98. The highest BCUT2D eigenvalue weighted by Gasteiger charge is 2.07. The van der Waals surface area contributed by atoms with E-state index in [1.807, 2.05) is 0 Å². The maximum Gasteiger partial charge on any atom is 0.287 e. The summed E-state index contributed by atoms with van der Waals surface area (Å²) >= 11 is 0. The predicted octanol–water partition coefficient (Wildman–Crippen LogP) is 1.30. The van der Waals surface area contributed by atoms with Gasteiger partial charge >= 0.3 is 0 Å². The molecule has 0 radical (unpaired) electrons. The molecular formula is C9H10N2O3. The van der Waals surface area contributed by atoms with Crippen LogP contribution in [0, 0.1) is 17.0 Å². The van der Waals surface area contributed by atoms with Gasteiger partial charge in [0.25, 0.3) is 5.69 Å². The SMILES string of the molecule is Cc1cc([N+](=O)[O-])cnc1C=CCO. The Kier molecular flexibility index (Phi) is 3.30. The van der Waals surface area contributed by atoms with Crippen molar-refractivity contribution in [3.63, 3.8) is 0 Å². The van der Waals surface area contributed by atoms with Gasteiger partial charge in [-0.05, 0) is 18.6 Å². The molecule has 1 rings (SSSR count). The summed E-state index contributed by atoms with van der Waals surface area (Å²) in [4.78, 5) is 13.8. The zero-order chi connectivity index (χ0) is 10.6. The zero-order valence-corrected chi connectivity index (χ0v) is 7.67. The van der Waals surface area contributed by atoms with Crippen molar-refractivity contribution in [1.82, 2.24) is 4.98 Å². The van der Waals surface area contributed by atoms with Gasteiger partial charge in [0.05, 0.1) is 17.2 Å². The van der Waals surface area contributed by atoms with Crippen LogP contribution in [0.3, 0.4) is 0 Å². The number of aromatic nitrogens is 1. The highest BCUT2D eigenvalue weighted by molar-refractivity contribution is 5.51. The number of hydrogen-bond donors (Lipinski definition) is 1. The molecular weight excluding hydrogens is 184 g/mol. The van der Waals surface area contributed by atoms with Crippen LogP contribution in [0.1, 0.15) is 11.3 Å². The third kappa shape index (κ3) is 2.37. The topological polar surface area (TPSA) is 76.3 Å². The second-order valence-corrected chi connectivity index (χ2v) is 2.74. The van der Waals surface area contributed by atoms with Crippen molar-refractivity contribution in [2.45, 2.75) is 6.92 Å². The number of pyridine rings is 1. The molecule has 0 aliphatic rings. The molecule has 1 aromatic heterocycles. The Labute approximate surface area is 80.9 Å². The van der Waals surface area contributed by atoms with Crippen LogP contribution in [0.15, 0.2) is 18.3 Å². The monoisotopic (exact) mass is 194 g/mol. The van der Waals surface area contributed by atoms with Gasteiger partial charge in [0.1, 0.15) is 6.20 Å². The third-order valence-corrected chi connectivity index (χ3v) is 1.70. The zero-order valence-electron chi connectivity index (χ0n) is 7.67. The Bertz CT molecular complexity index is 374. The first-order chi connectivity index (χ1) is 6.65. The molecule has 0 amide bonds. The standard InChI is InChI=1S/C9H10N2O3/c1-7-5-8(11(13)14)6-10-9(7)3-2-4-12/h2-3,5-6,12H,4H2,1H3. The van der Waals surface area contributed by atoms with Crippen LogP contribution in [-0.2, 0) is 0 Å². The van der Waals surface area contributed by atoms with E-state index in [4.69, 9.17) is 5.11 Å². The summed E-state index contributed by atoms with van der Waals surface area (Å²) in [5.74, 6) is 0. The fourth-order valence-corrected chi connectivity index (χ4v) is 1.01. The molecule has 0 aliphatic heterocycles. The summed E-state index contributed by atoms with van der Waals surface area (Å²) in [7, 11) is 0. The van der Waals surface area contributed by atoms with E-state index in [9.17, 15) is 10.1 Å². The second-order valence-electron chi connectivity index (χ2n) is 2.74. The van der Waals surface area contributed by atoms with Gasteiger partial charge in [-0.2, -0.15) is 0 Å². The van der Waals surface area contributed by atoms with Crippen LogP contribution in [0.2, 0.25) is 0 Å². The fourth-order valence-electron chi connectivity index (χ4n) is 1.01. The maximum atomic E-state index is 10.4. The summed E-state index contributed by atoms with van der Waals surface area (Å²) in [6.45, 7) is 1.66.